The summed E-state index contributed by atoms with van der Waals surface area (Å²) < 4.78 is 2.35. The van der Waals surface area contributed by atoms with Crippen molar-refractivity contribution in [3.8, 4) is 0 Å². The maximum atomic E-state index is 8.46. The van der Waals surface area contributed by atoms with Crippen LogP contribution in [0.1, 0.15) is 0 Å². The van der Waals surface area contributed by atoms with Crippen LogP contribution in [0.15, 0.2) is 16.7 Å². The lowest BCUT2D eigenvalue weighted by atomic mass is 10.0. The Kier molecular flexibility index (Phi) is 3.46. The standard InChI is InChI=1S/C15H18BrN7/c1-21-4-9-6-22(7-10(9)5-21)15-13(18)23(8-17)12-2-11(16)3-19-14(12)20-15/h2-3,8-10,17-18H,4-7H2,1H3. The van der Waals surface area contributed by atoms with Crippen molar-refractivity contribution in [1.29, 1.82) is 10.8 Å². The average Bonchev–Trinajstić information content (AvgIpc) is 3.04. The SMILES string of the molecule is CN1CC2CN(c3nc4ncc(Br)cc4n(C=N)c3=N)CC2C1. The van der Waals surface area contributed by atoms with Crippen molar-refractivity contribution in [2.45, 2.75) is 0 Å². The van der Waals surface area contributed by atoms with Crippen molar-refractivity contribution < 1.29 is 0 Å². The van der Waals surface area contributed by atoms with Gasteiger partial charge in [-0.1, -0.05) is 0 Å². The van der Waals surface area contributed by atoms with Gasteiger partial charge in [0, 0.05) is 36.8 Å². The lowest BCUT2D eigenvalue weighted by Gasteiger charge is -2.21. The molecule has 23 heavy (non-hydrogen) atoms. The van der Waals surface area contributed by atoms with E-state index in [0.29, 0.717) is 28.8 Å². The predicted octanol–water partition coefficient (Wildman–Crippen LogP) is 1.13. The van der Waals surface area contributed by atoms with E-state index >= 15 is 0 Å². The van der Waals surface area contributed by atoms with Crippen LogP contribution in [-0.2, 0) is 0 Å². The molecule has 2 aliphatic heterocycles. The van der Waals surface area contributed by atoms with Gasteiger partial charge in [-0.05, 0) is 40.9 Å². The molecule has 0 amide bonds. The number of pyridine rings is 1. The van der Waals surface area contributed by atoms with E-state index in [9.17, 15) is 0 Å². The predicted molar refractivity (Wildman–Crippen MR) is 92.0 cm³/mol. The second-order valence-electron chi connectivity index (χ2n) is 6.43. The molecule has 2 atom stereocenters. The minimum absolute atomic E-state index is 0.251. The van der Waals surface area contributed by atoms with E-state index in [1.165, 1.54) is 4.57 Å². The number of nitrogens with zero attached hydrogens (tertiary/aromatic N) is 5. The number of nitrogens with one attached hydrogen (secondary N) is 2. The van der Waals surface area contributed by atoms with Crippen molar-refractivity contribution in [2.75, 3.05) is 38.1 Å². The molecule has 8 heteroatoms. The Bertz CT molecular complexity index is 832. The summed E-state index contributed by atoms with van der Waals surface area (Å²) in [5.74, 6) is 1.92. The Morgan fingerprint density at radius 3 is 2.61 bits per heavy atom. The molecule has 2 fully saturated rings. The molecular weight excluding hydrogens is 358 g/mol. The molecule has 2 N–H and O–H groups in total. The van der Waals surface area contributed by atoms with E-state index in [2.05, 4.69) is 42.7 Å². The summed E-state index contributed by atoms with van der Waals surface area (Å²) in [4.78, 5) is 13.5. The monoisotopic (exact) mass is 375 g/mol. The molecule has 2 aromatic rings. The molecule has 120 valence electrons. The average molecular weight is 376 g/mol. The van der Waals surface area contributed by atoms with Crippen molar-refractivity contribution >= 4 is 39.3 Å². The largest absolute Gasteiger partial charge is 0.353 e. The maximum absolute atomic E-state index is 8.46. The van der Waals surface area contributed by atoms with Gasteiger partial charge < -0.3 is 9.80 Å². The third-order valence-corrected chi connectivity index (χ3v) is 5.27. The summed E-state index contributed by atoms with van der Waals surface area (Å²) in [5, 5.41) is 16.1. The Morgan fingerprint density at radius 1 is 1.26 bits per heavy atom. The first-order valence-corrected chi connectivity index (χ1v) is 8.42. The molecular formula is C15H18BrN7. The van der Waals surface area contributed by atoms with Gasteiger partial charge >= 0.3 is 0 Å². The molecule has 0 aliphatic carbocycles. The summed E-state index contributed by atoms with van der Waals surface area (Å²) in [6, 6.07) is 1.84. The number of hydrogen-bond acceptors (Lipinski definition) is 6. The number of fused-ring (bicyclic) bond motifs is 2. The summed E-state index contributed by atoms with van der Waals surface area (Å²) in [6.07, 6.45) is 2.86. The maximum Gasteiger partial charge on any atom is 0.178 e. The second kappa shape index (κ2) is 5.38. The zero-order valence-electron chi connectivity index (χ0n) is 12.8. The first kappa shape index (κ1) is 14.8. The Morgan fingerprint density at radius 2 is 1.96 bits per heavy atom. The fourth-order valence-corrected chi connectivity index (χ4v) is 4.14. The molecule has 0 bridgehead atoms. The quantitative estimate of drug-likeness (QED) is 0.608. The topological polar surface area (TPSA) is 84.9 Å². The van der Waals surface area contributed by atoms with Gasteiger partial charge in [0.15, 0.2) is 17.0 Å². The normalized spacial score (nSPS) is 24.3. The summed E-state index contributed by atoms with van der Waals surface area (Å²) in [5.41, 5.74) is 1.49. The van der Waals surface area contributed by atoms with Gasteiger partial charge in [0.25, 0.3) is 0 Å². The number of anilines is 1. The van der Waals surface area contributed by atoms with Crippen molar-refractivity contribution in [3.63, 3.8) is 0 Å². The van der Waals surface area contributed by atoms with Crippen LogP contribution in [0.2, 0.25) is 0 Å². The number of likely N-dealkylation sites (tertiary alicyclic amines) is 1. The van der Waals surface area contributed by atoms with E-state index in [0.717, 1.165) is 37.0 Å². The summed E-state index contributed by atoms with van der Waals surface area (Å²) >= 11 is 3.39. The van der Waals surface area contributed by atoms with Gasteiger partial charge in [-0.15, -0.1) is 0 Å². The molecule has 0 saturated carbocycles. The number of halogens is 1. The highest BCUT2D eigenvalue weighted by molar-refractivity contribution is 9.10. The fourth-order valence-electron chi connectivity index (χ4n) is 3.82. The molecule has 0 radical (unpaired) electrons. The van der Waals surface area contributed by atoms with Crippen LogP contribution in [0.3, 0.4) is 0 Å². The Balaban J connectivity index is 1.79. The van der Waals surface area contributed by atoms with Crippen molar-refractivity contribution in [3.05, 3.63) is 22.2 Å². The third-order valence-electron chi connectivity index (χ3n) is 4.84. The van der Waals surface area contributed by atoms with Crippen molar-refractivity contribution in [1.82, 2.24) is 19.4 Å². The highest BCUT2D eigenvalue weighted by atomic mass is 79.9. The van der Waals surface area contributed by atoms with Crippen LogP contribution >= 0.6 is 15.9 Å². The van der Waals surface area contributed by atoms with Crippen LogP contribution < -0.4 is 10.4 Å². The minimum atomic E-state index is 0.251. The minimum Gasteiger partial charge on any atom is -0.353 e. The molecule has 2 unspecified atom stereocenters. The van der Waals surface area contributed by atoms with Crippen LogP contribution in [0.4, 0.5) is 5.82 Å². The fraction of sp³-hybridized carbons (Fsp3) is 0.467. The van der Waals surface area contributed by atoms with Gasteiger partial charge in [0.2, 0.25) is 0 Å². The van der Waals surface area contributed by atoms with Crippen LogP contribution in [0.5, 0.6) is 0 Å². The molecule has 0 aromatic carbocycles. The first-order chi connectivity index (χ1) is 11.1. The van der Waals surface area contributed by atoms with Crippen LogP contribution in [0.25, 0.3) is 11.2 Å². The molecule has 2 aromatic heterocycles. The van der Waals surface area contributed by atoms with Gasteiger partial charge in [-0.25, -0.2) is 9.97 Å². The smallest absolute Gasteiger partial charge is 0.178 e. The third kappa shape index (κ3) is 2.36. The first-order valence-electron chi connectivity index (χ1n) is 7.63. The summed E-state index contributed by atoms with van der Waals surface area (Å²) in [7, 11) is 2.16. The zero-order valence-corrected chi connectivity index (χ0v) is 14.4. The molecule has 4 rings (SSSR count). The highest BCUT2D eigenvalue weighted by Gasteiger charge is 2.39. The zero-order chi connectivity index (χ0) is 16.1. The summed E-state index contributed by atoms with van der Waals surface area (Å²) in [6.45, 7) is 4.07. The molecule has 2 aliphatic rings. The van der Waals surface area contributed by atoms with E-state index < -0.39 is 0 Å². The Labute approximate surface area is 142 Å². The van der Waals surface area contributed by atoms with Gasteiger partial charge in [0.05, 0.1) is 11.9 Å². The highest BCUT2D eigenvalue weighted by Crippen LogP contribution is 2.31. The lowest BCUT2D eigenvalue weighted by Crippen LogP contribution is -2.34. The van der Waals surface area contributed by atoms with Gasteiger partial charge in [-0.3, -0.25) is 15.4 Å². The van der Waals surface area contributed by atoms with Gasteiger partial charge in [0.1, 0.15) is 0 Å². The number of rotatable bonds is 2. The van der Waals surface area contributed by atoms with Gasteiger partial charge in [-0.2, -0.15) is 0 Å². The van der Waals surface area contributed by atoms with Crippen molar-refractivity contribution in [2.24, 2.45) is 11.8 Å². The van der Waals surface area contributed by atoms with Crippen LogP contribution in [-0.4, -0.2) is 59.0 Å². The van der Waals surface area contributed by atoms with E-state index in [-0.39, 0.29) is 5.49 Å². The van der Waals surface area contributed by atoms with E-state index in [1.807, 2.05) is 6.07 Å². The number of aromatic nitrogens is 3. The van der Waals surface area contributed by atoms with E-state index in [1.54, 1.807) is 6.20 Å². The molecule has 4 heterocycles. The molecule has 7 nitrogen and oxygen atoms in total. The van der Waals surface area contributed by atoms with E-state index in [4.69, 9.17) is 10.8 Å². The Hall–Kier alpha value is -1.80. The molecule has 2 saturated heterocycles. The molecule has 0 spiro atoms. The lowest BCUT2D eigenvalue weighted by molar-refractivity contribution is 0.386. The van der Waals surface area contributed by atoms with Crippen LogP contribution in [0, 0.1) is 22.7 Å². The number of hydrogen-bond donors (Lipinski definition) is 2. The second-order valence-corrected chi connectivity index (χ2v) is 7.34.